The number of ether oxygens (including phenoxy) is 1. The van der Waals surface area contributed by atoms with E-state index in [1.165, 1.54) is 19.5 Å². The lowest BCUT2D eigenvalue weighted by atomic mass is 10.1. The van der Waals surface area contributed by atoms with Crippen LogP contribution in [0.4, 0.5) is 0 Å². The van der Waals surface area contributed by atoms with Gasteiger partial charge in [-0.25, -0.2) is 0 Å². The van der Waals surface area contributed by atoms with Gasteiger partial charge in [-0.05, 0) is 6.07 Å². The number of carbonyl (C=O) groups is 1. The standard InChI is InChI=1S/C9H11NO4/c1-14-7-2-6(4-10-5-7)8(11)3-9(12)13/h2,4-5,8,11H,3H2,1H3,(H,12,13)/t8-/m0/s1. The molecule has 0 aliphatic carbocycles. The maximum Gasteiger partial charge on any atom is 0.306 e. The topological polar surface area (TPSA) is 79.7 Å². The van der Waals surface area contributed by atoms with E-state index in [0.717, 1.165) is 0 Å². The lowest BCUT2D eigenvalue weighted by Crippen LogP contribution is -2.05. The Balaban J connectivity index is 2.78. The fourth-order valence-corrected chi connectivity index (χ4v) is 1.01. The number of nitrogens with zero attached hydrogens (tertiary/aromatic N) is 1. The molecule has 0 fully saturated rings. The first-order chi connectivity index (χ1) is 6.63. The lowest BCUT2D eigenvalue weighted by molar-refractivity contribution is -0.139. The fraction of sp³-hybridized carbons (Fsp3) is 0.333. The minimum absolute atomic E-state index is 0.338. The Bertz CT molecular complexity index is 326. The first-order valence-corrected chi connectivity index (χ1v) is 4.02. The van der Waals surface area contributed by atoms with E-state index in [1.54, 1.807) is 6.07 Å². The third-order valence-electron chi connectivity index (χ3n) is 1.72. The minimum Gasteiger partial charge on any atom is -0.495 e. The summed E-state index contributed by atoms with van der Waals surface area (Å²) in [5.74, 6) is -0.563. The van der Waals surface area contributed by atoms with Gasteiger partial charge in [-0.2, -0.15) is 0 Å². The average molecular weight is 197 g/mol. The molecule has 0 aliphatic rings. The van der Waals surface area contributed by atoms with Gasteiger partial charge in [0.15, 0.2) is 0 Å². The maximum absolute atomic E-state index is 10.3. The highest BCUT2D eigenvalue weighted by molar-refractivity contribution is 5.67. The van der Waals surface area contributed by atoms with Gasteiger partial charge in [0, 0.05) is 11.8 Å². The molecule has 14 heavy (non-hydrogen) atoms. The molecule has 2 N–H and O–H groups in total. The van der Waals surface area contributed by atoms with Crippen molar-refractivity contribution in [3.8, 4) is 5.75 Å². The number of hydrogen-bond acceptors (Lipinski definition) is 4. The fourth-order valence-electron chi connectivity index (χ4n) is 1.01. The smallest absolute Gasteiger partial charge is 0.306 e. The molecular formula is C9H11NO4. The molecule has 0 radical (unpaired) electrons. The van der Waals surface area contributed by atoms with Crippen LogP contribution < -0.4 is 4.74 Å². The summed E-state index contributed by atoms with van der Waals surface area (Å²) in [6.07, 6.45) is 1.51. The number of hydrogen-bond donors (Lipinski definition) is 2. The summed E-state index contributed by atoms with van der Waals surface area (Å²) < 4.78 is 4.89. The molecule has 5 heteroatoms. The predicted molar refractivity (Wildman–Crippen MR) is 48.0 cm³/mol. The summed E-state index contributed by atoms with van der Waals surface area (Å²) >= 11 is 0. The van der Waals surface area contributed by atoms with Gasteiger partial charge in [0.05, 0.1) is 25.8 Å². The Morgan fingerprint density at radius 1 is 1.64 bits per heavy atom. The van der Waals surface area contributed by atoms with Crippen LogP contribution in [0.5, 0.6) is 5.75 Å². The van der Waals surface area contributed by atoms with Crippen LogP contribution in [-0.4, -0.2) is 28.3 Å². The van der Waals surface area contributed by atoms with Gasteiger partial charge < -0.3 is 14.9 Å². The van der Waals surface area contributed by atoms with Crippen molar-refractivity contribution in [2.45, 2.75) is 12.5 Å². The van der Waals surface area contributed by atoms with Gasteiger partial charge in [0.1, 0.15) is 5.75 Å². The quantitative estimate of drug-likeness (QED) is 0.738. The number of aromatic nitrogens is 1. The van der Waals surface area contributed by atoms with Crippen LogP contribution in [0.25, 0.3) is 0 Å². The van der Waals surface area contributed by atoms with E-state index in [-0.39, 0.29) is 6.42 Å². The number of aliphatic carboxylic acids is 1. The molecule has 1 aromatic heterocycles. The molecule has 76 valence electrons. The number of aliphatic hydroxyl groups is 1. The number of aliphatic hydroxyl groups excluding tert-OH is 1. The molecule has 1 rings (SSSR count). The van der Waals surface area contributed by atoms with Crippen molar-refractivity contribution in [3.05, 3.63) is 24.0 Å². The van der Waals surface area contributed by atoms with Gasteiger partial charge >= 0.3 is 5.97 Å². The molecule has 0 saturated carbocycles. The van der Waals surface area contributed by atoms with Crippen LogP contribution in [0.15, 0.2) is 18.5 Å². The molecule has 0 unspecified atom stereocenters. The normalized spacial score (nSPS) is 12.1. The van der Waals surface area contributed by atoms with Crippen molar-refractivity contribution in [2.24, 2.45) is 0 Å². The molecule has 0 spiro atoms. The van der Waals surface area contributed by atoms with Crippen LogP contribution >= 0.6 is 0 Å². The van der Waals surface area contributed by atoms with E-state index in [9.17, 15) is 9.90 Å². The summed E-state index contributed by atoms with van der Waals surface area (Å²) in [6.45, 7) is 0. The van der Waals surface area contributed by atoms with Crippen LogP contribution in [-0.2, 0) is 4.79 Å². The van der Waals surface area contributed by atoms with Crippen molar-refractivity contribution in [1.29, 1.82) is 0 Å². The van der Waals surface area contributed by atoms with E-state index in [1.807, 2.05) is 0 Å². The Morgan fingerprint density at radius 3 is 2.93 bits per heavy atom. The summed E-state index contributed by atoms with van der Waals surface area (Å²) in [5, 5.41) is 17.9. The summed E-state index contributed by atoms with van der Waals surface area (Å²) in [4.78, 5) is 14.1. The van der Waals surface area contributed by atoms with Crippen molar-refractivity contribution in [1.82, 2.24) is 4.98 Å². The highest BCUT2D eigenvalue weighted by atomic mass is 16.5. The molecule has 0 saturated heterocycles. The molecule has 1 aromatic rings. The molecule has 1 heterocycles. The SMILES string of the molecule is COc1cncc([C@@H](O)CC(=O)O)c1. The van der Waals surface area contributed by atoms with E-state index in [4.69, 9.17) is 9.84 Å². The van der Waals surface area contributed by atoms with E-state index >= 15 is 0 Å². The lowest BCUT2D eigenvalue weighted by Gasteiger charge is -2.08. The van der Waals surface area contributed by atoms with E-state index < -0.39 is 12.1 Å². The second-order valence-corrected chi connectivity index (χ2v) is 2.77. The van der Waals surface area contributed by atoms with Gasteiger partial charge in [-0.3, -0.25) is 9.78 Å². The Labute approximate surface area is 81.0 Å². The second kappa shape index (κ2) is 4.57. The number of pyridine rings is 1. The van der Waals surface area contributed by atoms with Gasteiger partial charge in [-0.15, -0.1) is 0 Å². The molecule has 0 bridgehead atoms. The van der Waals surface area contributed by atoms with Gasteiger partial charge in [0.25, 0.3) is 0 Å². The van der Waals surface area contributed by atoms with Crippen molar-refractivity contribution < 1.29 is 19.7 Å². The molecule has 0 aliphatic heterocycles. The monoisotopic (exact) mass is 197 g/mol. The molecule has 0 aromatic carbocycles. The van der Waals surface area contributed by atoms with Gasteiger partial charge in [-0.1, -0.05) is 0 Å². The zero-order valence-electron chi connectivity index (χ0n) is 7.67. The molecule has 0 amide bonds. The molecular weight excluding hydrogens is 186 g/mol. The van der Waals surface area contributed by atoms with Crippen LogP contribution in [0.1, 0.15) is 18.1 Å². The summed E-state index contributed by atoms with van der Waals surface area (Å²) in [5.41, 5.74) is 0.437. The first-order valence-electron chi connectivity index (χ1n) is 4.02. The molecule has 1 atom stereocenters. The Hall–Kier alpha value is -1.62. The Kier molecular flexibility index (Phi) is 3.41. The summed E-state index contributed by atoms with van der Waals surface area (Å²) in [7, 11) is 1.48. The maximum atomic E-state index is 10.3. The van der Waals surface area contributed by atoms with E-state index in [2.05, 4.69) is 4.98 Å². The number of carboxylic acid groups (broad SMARTS) is 1. The number of carboxylic acids is 1. The first kappa shape index (κ1) is 10.5. The number of methoxy groups -OCH3 is 1. The van der Waals surface area contributed by atoms with Crippen molar-refractivity contribution in [3.63, 3.8) is 0 Å². The van der Waals surface area contributed by atoms with Crippen LogP contribution in [0.3, 0.4) is 0 Å². The van der Waals surface area contributed by atoms with Crippen LogP contribution in [0, 0.1) is 0 Å². The van der Waals surface area contributed by atoms with Crippen LogP contribution in [0.2, 0.25) is 0 Å². The van der Waals surface area contributed by atoms with E-state index in [0.29, 0.717) is 11.3 Å². The third kappa shape index (κ3) is 2.70. The van der Waals surface area contributed by atoms with Crippen molar-refractivity contribution in [2.75, 3.05) is 7.11 Å². The zero-order chi connectivity index (χ0) is 10.6. The van der Waals surface area contributed by atoms with Crippen molar-refractivity contribution >= 4 is 5.97 Å². The minimum atomic E-state index is -1.06. The van der Waals surface area contributed by atoms with Gasteiger partial charge in [0.2, 0.25) is 0 Å². The Morgan fingerprint density at radius 2 is 2.36 bits per heavy atom. The average Bonchev–Trinajstić information content (AvgIpc) is 2.17. The third-order valence-corrected chi connectivity index (χ3v) is 1.72. The zero-order valence-corrected chi connectivity index (χ0v) is 7.67. The largest absolute Gasteiger partial charge is 0.495 e. The molecule has 5 nitrogen and oxygen atoms in total. The highest BCUT2D eigenvalue weighted by Gasteiger charge is 2.12. The number of rotatable bonds is 4. The highest BCUT2D eigenvalue weighted by Crippen LogP contribution is 2.19. The predicted octanol–water partition coefficient (Wildman–Crippen LogP) is 0.598. The second-order valence-electron chi connectivity index (χ2n) is 2.77. The summed E-state index contributed by atoms with van der Waals surface area (Å²) in [6, 6.07) is 1.56.